The third-order valence-corrected chi connectivity index (χ3v) is 2.31. The number of carbonyl (C=O) groups is 1. The lowest BCUT2D eigenvalue weighted by Gasteiger charge is -2.04. The van der Waals surface area contributed by atoms with Crippen LogP contribution in [0.1, 0.15) is 10.5 Å². The first-order valence-electron chi connectivity index (χ1n) is 4.39. The Hall–Kier alpha value is -1.88. The lowest BCUT2D eigenvalue weighted by atomic mass is 10.3. The zero-order valence-electron chi connectivity index (χ0n) is 8.02. The molecule has 0 aliphatic rings. The molecular formula is C10H7ClFN3O. The van der Waals surface area contributed by atoms with Crippen molar-refractivity contribution >= 4 is 17.5 Å². The maximum Gasteiger partial charge on any atom is 0.269 e. The van der Waals surface area contributed by atoms with E-state index in [0.717, 1.165) is 0 Å². The van der Waals surface area contributed by atoms with Gasteiger partial charge in [-0.2, -0.15) is 5.10 Å². The minimum Gasteiger partial charge on any atom is -0.364 e. The second kappa shape index (κ2) is 3.94. The summed E-state index contributed by atoms with van der Waals surface area (Å²) in [5, 5.41) is 4.03. The molecule has 16 heavy (non-hydrogen) atoms. The lowest BCUT2D eigenvalue weighted by Crippen LogP contribution is -2.12. The van der Waals surface area contributed by atoms with Gasteiger partial charge in [0.1, 0.15) is 17.2 Å². The number of para-hydroxylation sites is 1. The summed E-state index contributed by atoms with van der Waals surface area (Å²) < 4.78 is 14.7. The van der Waals surface area contributed by atoms with E-state index < -0.39 is 11.7 Å². The van der Waals surface area contributed by atoms with E-state index in [-0.39, 0.29) is 16.4 Å². The van der Waals surface area contributed by atoms with E-state index >= 15 is 0 Å². The van der Waals surface area contributed by atoms with Crippen LogP contribution in [0, 0.1) is 5.82 Å². The number of amides is 1. The van der Waals surface area contributed by atoms with Crippen LogP contribution in [0.4, 0.5) is 4.39 Å². The third-order valence-electron chi connectivity index (χ3n) is 2.01. The van der Waals surface area contributed by atoms with Crippen molar-refractivity contribution in [2.24, 2.45) is 5.73 Å². The molecule has 0 atom stereocenters. The number of nitrogens with zero attached hydrogens (tertiary/aromatic N) is 2. The molecule has 6 heteroatoms. The number of primary amides is 1. The van der Waals surface area contributed by atoms with Gasteiger partial charge in [0.15, 0.2) is 0 Å². The van der Waals surface area contributed by atoms with E-state index in [1.807, 2.05) is 0 Å². The summed E-state index contributed by atoms with van der Waals surface area (Å²) in [7, 11) is 0. The molecular weight excluding hydrogens is 233 g/mol. The van der Waals surface area contributed by atoms with E-state index in [4.69, 9.17) is 17.3 Å². The van der Waals surface area contributed by atoms with Gasteiger partial charge in [-0.25, -0.2) is 9.07 Å². The van der Waals surface area contributed by atoms with Crippen molar-refractivity contribution in [1.29, 1.82) is 0 Å². The molecule has 2 rings (SSSR count). The average Bonchev–Trinajstić information content (AvgIpc) is 2.66. The maximum absolute atomic E-state index is 13.5. The molecule has 0 aliphatic carbocycles. The zero-order valence-corrected chi connectivity index (χ0v) is 8.78. The van der Waals surface area contributed by atoms with Crippen LogP contribution in [0.5, 0.6) is 0 Å². The molecule has 0 unspecified atom stereocenters. The Morgan fingerprint density at radius 2 is 2.19 bits per heavy atom. The SMILES string of the molecule is NC(=O)c1ccn(-c2c(F)cccc2Cl)n1. The second-order valence-corrected chi connectivity index (χ2v) is 3.49. The number of aromatic nitrogens is 2. The van der Waals surface area contributed by atoms with Gasteiger partial charge in [0, 0.05) is 6.20 Å². The molecule has 4 nitrogen and oxygen atoms in total. The van der Waals surface area contributed by atoms with Crippen molar-refractivity contribution in [3.8, 4) is 5.69 Å². The molecule has 1 aromatic heterocycles. The van der Waals surface area contributed by atoms with Gasteiger partial charge in [-0.15, -0.1) is 0 Å². The van der Waals surface area contributed by atoms with Crippen molar-refractivity contribution < 1.29 is 9.18 Å². The molecule has 1 amide bonds. The highest BCUT2D eigenvalue weighted by Gasteiger charge is 2.12. The Labute approximate surface area is 95.4 Å². The third kappa shape index (κ3) is 1.77. The van der Waals surface area contributed by atoms with Gasteiger partial charge in [-0.05, 0) is 18.2 Å². The molecule has 0 spiro atoms. The molecule has 0 aliphatic heterocycles. The summed E-state index contributed by atoms with van der Waals surface area (Å²) in [6, 6.07) is 5.67. The summed E-state index contributed by atoms with van der Waals surface area (Å²) in [5.74, 6) is -1.20. The molecule has 0 saturated carbocycles. The van der Waals surface area contributed by atoms with Gasteiger partial charge in [0.25, 0.3) is 5.91 Å². The summed E-state index contributed by atoms with van der Waals surface area (Å²) in [4.78, 5) is 10.8. The molecule has 0 saturated heterocycles. The number of carbonyl (C=O) groups excluding carboxylic acids is 1. The average molecular weight is 240 g/mol. The molecule has 1 heterocycles. The Morgan fingerprint density at radius 3 is 2.75 bits per heavy atom. The van der Waals surface area contributed by atoms with Crippen LogP contribution in [-0.4, -0.2) is 15.7 Å². The molecule has 0 radical (unpaired) electrons. The number of nitrogens with two attached hydrogens (primary N) is 1. The van der Waals surface area contributed by atoms with Crippen molar-refractivity contribution in [2.75, 3.05) is 0 Å². The second-order valence-electron chi connectivity index (χ2n) is 3.08. The van der Waals surface area contributed by atoms with E-state index in [1.54, 1.807) is 0 Å². The Balaban J connectivity index is 2.54. The fraction of sp³-hybridized carbons (Fsp3) is 0. The molecule has 2 N–H and O–H groups in total. The lowest BCUT2D eigenvalue weighted by molar-refractivity contribution is 0.0995. The summed E-state index contributed by atoms with van der Waals surface area (Å²) in [6.07, 6.45) is 1.42. The normalized spacial score (nSPS) is 10.4. The standard InChI is InChI=1S/C10H7ClFN3O/c11-6-2-1-3-7(12)9(6)15-5-4-8(14-15)10(13)16/h1-5H,(H2,13,16). The van der Waals surface area contributed by atoms with Gasteiger partial charge in [0.2, 0.25) is 0 Å². The Bertz CT molecular complexity index is 532. The molecule has 1 aromatic carbocycles. The van der Waals surface area contributed by atoms with Gasteiger partial charge >= 0.3 is 0 Å². The number of benzene rings is 1. The number of rotatable bonds is 2. The first-order chi connectivity index (χ1) is 7.59. The van der Waals surface area contributed by atoms with Crippen LogP contribution in [0.15, 0.2) is 30.5 Å². The first-order valence-corrected chi connectivity index (χ1v) is 4.77. The van der Waals surface area contributed by atoms with Crippen LogP contribution in [0.25, 0.3) is 5.69 Å². The quantitative estimate of drug-likeness (QED) is 0.868. The number of hydrogen-bond acceptors (Lipinski definition) is 2. The smallest absolute Gasteiger partial charge is 0.269 e. The Morgan fingerprint density at radius 1 is 1.44 bits per heavy atom. The number of hydrogen-bond donors (Lipinski definition) is 1. The van der Waals surface area contributed by atoms with E-state index in [9.17, 15) is 9.18 Å². The van der Waals surface area contributed by atoms with Crippen LogP contribution < -0.4 is 5.73 Å². The Kier molecular flexibility index (Phi) is 2.62. The zero-order chi connectivity index (χ0) is 11.7. The number of halogens is 2. The highest BCUT2D eigenvalue weighted by molar-refractivity contribution is 6.32. The fourth-order valence-corrected chi connectivity index (χ4v) is 1.54. The monoisotopic (exact) mass is 239 g/mol. The summed E-state index contributed by atoms with van der Waals surface area (Å²) in [5.41, 5.74) is 5.19. The fourth-order valence-electron chi connectivity index (χ4n) is 1.29. The van der Waals surface area contributed by atoms with E-state index in [0.29, 0.717) is 0 Å². The predicted molar refractivity (Wildman–Crippen MR) is 57.0 cm³/mol. The van der Waals surface area contributed by atoms with E-state index in [2.05, 4.69) is 5.10 Å². The maximum atomic E-state index is 13.5. The first kappa shape index (κ1) is 10.6. The highest BCUT2D eigenvalue weighted by atomic mass is 35.5. The predicted octanol–water partition coefficient (Wildman–Crippen LogP) is 1.76. The van der Waals surface area contributed by atoms with Crippen molar-refractivity contribution in [3.63, 3.8) is 0 Å². The summed E-state index contributed by atoms with van der Waals surface area (Å²) >= 11 is 5.84. The van der Waals surface area contributed by atoms with Gasteiger partial charge < -0.3 is 5.73 Å². The van der Waals surface area contributed by atoms with Crippen molar-refractivity contribution in [1.82, 2.24) is 9.78 Å². The van der Waals surface area contributed by atoms with Crippen molar-refractivity contribution in [3.05, 3.63) is 47.0 Å². The molecule has 2 aromatic rings. The van der Waals surface area contributed by atoms with Crippen LogP contribution in [0.3, 0.4) is 0 Å². The van der Waals surface area contributed by atoms with Crippen molar-refractivity contribution in [2.45, 2.75) is 0 Å². The molecule has 82 valence electrons. The van der Waals surface area contributed by atoms with Crippen LogP contribution in [-0.2, 0) is 0 Å². The molecule has 0 bridgehead atoms. The van der Waals surface area contributed by atoms with Crippen LogP contribution in [0.2, 0.25) is 5.02 Å². The van der Waals surface area contributed by atoms with Crippen LogP contribution >= 0.6 is 11.6 Å². The topological polar surface area (TPSA) is 60.9 Å². The van der Waals surface area contributed by atoms with E-state index in [1.165, 1.54) is 35.1 Å². The van der Waals surface area contributed by atoms with Gasteiger partial charge in [-0.3, -0.25) is 4.79 Å². The minimum atomic E-state index is -0.675. The largest absolute Gasteiger partial charge is 0.364 e. The highest BCUT2D eigenvalue weighted by Crippen LogP contribution is 2.22. The minimum absolute atomic E-state index is 0.0549. The molecule has 0 fully saturated rings. The van der Waals surface area contributed by atoms with Gasteiger partial charge in [-0.1, -0.05) is 17.7 Å². The summed E-state index contributed by atoms with van der Waals surface area (Å²) in [6.45, 7) is 0. The van der Waals surface area contributed by atoms with Gasteiger partial charge in [0.05, 0.1) is 5.02 Å².